The number of aromatic nitrogens is 2. The van der Waals surface area contributed by atoms with Gasteiger partial charge in [-0.25, -0.2) is 4.79 Å². The molecule has 1 aromatic heterocycles. The molecule has 2 heterocycles. The number of rotatable bonds is 5. The minimum Gasteiger partial charge on any atom is -0.375 e. The molecule has 0 spiro atoms. The first kappa shape index (κ1) is 17.5. The number of carbonyl (C=O) groups excluding carboxylic acids is 1. The van der Waals surface area contributed by atoms with Crippen LogP contribution in [0, 0.1) is 0 Å². The van der Waals surface area contributed by atoms with Gasteiger partial charge in [-0.15, -0.1) is 0 Å². The van der Waals surface area contributed by atoms with Crippen molar-refractivity contribution in [3.8, 4) is 0 Å². The van der Waals surface area contributed by atoms with E-state index in [4.69, 9.17) is 4.74 Å². The Morgan fingerprint density at radius 1 is 1.36 bits per heavy atom. The number of urea groups is 1. The van der Waals surface area contributed by atoms with Gasteiger partial charge in [0.2, 0.25) is 0 Å². The third-order valence-electron chi connectivity index (χ3n) is 4.55. The number of ether oxygens (including phenoxy) is 1. The predicted molar refractivity (Wildman–Crippen MR) is 97.7 cm³/mol. The van der Waals surface area contributed by atoms with Crippen molar-refractivity contribution in [3.63, 3.8) is 0 Å². The Morgan fingerprint density at radius 2 is 2.16 bits per heavy atom. The summed E-state index contributed by atoms with van der Waals surface area (Å²) in [5.74, 6) is 0.731. The largest absolute Gasteiger partial charge is 0.375 e. The van der Waals surface area contributed by atoms with E-state index in [1.54, 1.807) is 4.68 Å². The van der Waals surface area contributed by atoms with Gasteiger partial charge in [-0.05, 0) is 24.8 Å². The second-order valence-electron chi connectivity index (χ2n) is 6.39. The van der Waals surface area contributed by atoms with Crippen molar-refractivity contribution in [2.75, 3.05) is 25.0 Å². The van der Waals surface area contributed by atoms with Crippen molar-refractivity contribution in [1.82, 2.24) is 14.7 Å². The molecule has 1 atom stereocenters. The van der Waals surface area contributed by atoms with Crippen LogP contribution in [0.4, 0.5) is 10.6 Å². The molecular formula is C19H26N4O2. The molecule has 134 valence electrons. The number of aryl methyl sites for hydroxylation is 3. The highest BCUT2D eigenvalue weighted by atomic mass is 16.5. The zero-order valence-electron chi connectivity index (χ0n) is 14.9. The Labute approximate surface area is 148 Å². The van der Waals surface area contributed by atoms with Gasteiger partial charge in [0.1, 0.15) is 5.82 Å². The molecule has 1 N–H and O–H groups in total. The lowest BCUT2D eigenvalue weighted by molar-refractivity contribution is -0.0157. The number of hydrogen-bond donors (Lipinski definition) is 1. The van der Waals surface area contributed by atoms with E-state index < -0.39 is 0 Å². The van der Waals surface area contributed by atoms with E-state index in [9.17, 15) is 4.79 Å². The third kappa shape index (κ3) is 4.60. The summed E-state index contributed by atoms with van der Waals surface area (Å²) in [6.07, 6.45) is 2.81. The lowest BCUT2D eigenvalue weighted by atomic mass is 10.1. The van der Waals surface area contributed by atoms with Gasteiger partial charge >= 0.3 is 6.03 Å². The second kappa shape index (κ2) is 8.16. The fourth-order valence-electron chi connectivity index (χ4n) is 3.06. The number of amides is 2. The summed E-state index contributed by atoms with van der Waals surface area (Å²) in [6.45, 7) is 3.87. The van der Waals surface area contributed by atoms with Crippen molar-refractivity contribution >= 4 is 11.8 Å². The maximum absolute atomic E-state index is 12.6. The third-order valence-corrected chi connectivity index (χ3v) is 4.55. The average Bonchev–Trinajstić information content (AvgIpc) is 3.01. The van der Waals surface area contributed by atoms with Gasteiger partial charge in [-0.2, -0.15) is 5.10 Å². The first-order chi connectivity index (χ1) is 12.2. The number of hydrogen-bond acceptors (Lipinski definition) is 3. The van der Waals surface area contributed by atoms with Crippen LogP contribution in [0.25, 0.3) is 0 Å². The summed E-state index contributed by atoms with van der Waals surface area (Å²) < 4.78 is 7.55. The number of nitrogens with zero attached hydrogens (tertiary/aromatic N) is 3. The molecule has 3 rings (SSSR count). The Kier molecular flexibility index (Phi) is 5.71. The van der Waals surface area contributed by atoms with Crippen LogP contribution in [-0.2, 0) is 24.6 Å². The van der Waals surface area contributed by atoms with Crippen LogP contribution in [-0.4, -0.2) is 46.5 Å². The summed E-state index contributed by atoms with van der Waals surface area (Å²) in [4.78, 5) is 14.4. The number of morpholine rings is 1. The molecule has 0 bridgehead atoms. The minimum atomic E-state index is -0.0846. The monoisotopic (exact) mass is 342 g/mol. The zero-order chi connectivity index (χ0) is 17.6. The van der Waals surface area contributed by atoms with Gasteiger partial charge in [-0.1, -0.05) is 37.3 Å². The van der Waals surface area contributed by atoms with Crippen molar-refractivity contribution in [1.29, 1.82) is 0 Å². The Morgan fingerprint density at radius 3 is 2.88 bits per heavy atom. The van der Waals surface area contributed by atoms with E-state index in [0.29, 0.717) is 19.7 Å². The van der Waals surface area contributed by atoms with Crippen LogP contribution >= 0.6 is 0 Å². The molecule has 0 radical (unpaired) electrons. The molecule has 6 heteroatoms. The fourth-order valence-corrected chi connectivity index (χ4v) is 3.06. The maximum atomic E-state index is 12.6. The lowest BCUT2D eigenvalue weighted by Gasteiger charge is -2.33. The first-order valence-corrected chi connectivity index (χ1v) is 8.90. The first-order valence-electron chi connectivity index (χ1n) is 8.90. The molecule has 1 aliphatic rings. The molecule has 6 nitrogen and oxygen atoms in total. The van der Waals surface area contributed by atoms with Crippen LogP contribution in [0.5, 0.6) is 0 Å². The summed E-state index contributed by atoms with van der Waals surface area (Å²) >= 11 is 0. The molecule has 1 saturated heterocycles. The molecule has 0 aliphatic carbocycles. The number of benzene rings is 1. The van der Waals surface area contributed by atoms with E-state index in [2.05, 4.69) is 34.7 Å². The van der Waals surface area contributed by atoms with Crippen LogP contribution in [0.1, 0.15) is 24.6 Å². The number of anilines is 1. The molecule has 2 aromatic rings. The van der Waals surface area contributed by atoms with Crippen LogP contribution in [0.3, 0.4) is 0 Å². The smallest absolute Gasteiger partial charge is 0.323 e. The maximum Gasteiger partial charge on any atom is 0.323 e. The van der Waals surface area contributed by atoms with Crippen LogP contribution in [0.15, 0.2) is 36.4 Å². The lowest BCUT2D eigenvalue weighted by Crippen LogP contribution is -2.47. The zero-order valence-corrected chi connectivity index (χ0v) is 14.9. The molecule has 0 saturated carbocycles. The Hall–Kier alpha value is -2.34. The fraction of sp³-hybridized carbons (Fsp3) is 0.474. The Bertz CT molecular complexity index is 699. The molecule has 1 fully saturated rings. The van der Waals surface area contributed by atoms with Gasteiger partial charge < -0.3 is 9.64 Å². The average molecular weight is 342 g/mol. The SMILES string of the molecule is CCc1cc(NC(=O)N2CCOC(CCc3ccccc3)C2)n(C)n1. The summed E-state index contributed by atoms with van der Waals surface area (Å²) in [5, 5.41) is 7.32. The van der Waals surface area contributed by atoms with Crippen molar-refractivity contribution < 1.29 is 9.53 Å². The van der Waals surface area contributed by atoms with E-state index in [1.807, 2.05) is 31.0 Å². The standard InChI is InChI=1S/C19H26N4O2/c1-3-16-13-18(22(2)21-16)20-19(24)23-11-12-25-17(14-23)10-9-15-7-5-4-6-8-15/h4-8,13,17H,3,9-12,14H2,1-2H3,(H,20,24). The van der Waals surface area contributed by atoms with E-state index in [1.165, 1.54) is 5.56 Å². The number of carbonyl (C=O) groups is 1. The van der Waals surface area contributed by atoms with E-state index in [0.717, 1.165) is 30.8 Å². The normalized spacial score (nSPS) is 17.5. The topological polar surface area (TPSA) is 59.4 Å². The van der Waals surface area contributed by atoms with E-state index >= 15 is 0 Å². The van der Waals surface area contributed by atoms with Crippen molar-refractivity contribution in [2.24, 2.45) is 7.05 Å². The van der Waals surface area contributed by atoms with Crippen molar-refractivity contribution in [2.45, 2.75) is 32.3 Å². The highest BCUT2D eigenvalue weighted by Crippen LogP contribution is 2.15. The van der Waals surface area contributed by atoms with Gasteiger partial charge in [0.25, 0.3) is 0 Å². The minimum absolute atomic E-state index is 0.0810. The molecule has 2 amide bonds. The van der Waals surface area contributed by atoms with Crippen LogP contribution in [0.2, 0.25) is 0 Å². The van der Waals surface area contributed by atoms with Crippen molar-refractivity contribution in [3.05, 3.63) is 47.7 Å². The molecule has 1 aliphatic heterocycles. The molecule has 1 unspecified atom stereocenters. The summed E-state index contributed by atoms with van der Waals surface area (Å²) in [6, 6.07) is 12.2. The molecular weight excluding hydrogens is 316 g/mol. The summed E-state index contributed by atoms with van der Waals surface area (Å²) in [5.41, 5.74) is 2.27. The predicted octanol–water partition coefficient (Wildman–Crippen LogP) is 2.85. The highest BCUT2D eigenvalue weighted by molar-refractivity contribution is 5.88. The Balaban J connectivity index is 1.53. The molecule has 25 heavy (non-hydrogen) atoms. The van der Waals surface area contributed by atoms with Gasteiger partial charge in [0.15, 0.2) is 0 Å². The van der Waals surface area contributed by atoms with Gasteiger partial charge in [0, 0.05) is 26.2 Å². The van der Waals surface area contributed by atoms with E-state index in [-0.39, 0.29) is 12.1 Å². The molecule has 1 aromatic carbocycles. The quantitative estimate of drug-likeness (QED) is 0.909. The number of nitrogens with one attached hydrogen (secondary N) is 1. The van der Waals surface area contributed by atoms with Crippen LogP contribution < -0.4 is 5.32 Å². The summed E-state index contributed by atoms with van der Waals surface area (Å²) in [7, 11) is 1.84. The van der Waals surface area contributed by atoms with Gasteiger partial charge in [0.05, 0.1) is 18.4 Å². The second-order valence-corrected chi connectivity index (χ2v) is 6.39. The highest BCUT2D eigenvalue weighted by Gasteiger charge is 2.24. The van der Waals surface area contributed by atoms with Gasteiger partial charge in [-0.3, -0.25) is 10.00 Å².